The van der Waals surface area contributed by atoms with E-state index in [-0.39, 0.29) is 0 Å². The molecule has 32 heavy (non-hydrogen) atoms. The second-order valence-electron chi connectivity index (χ2n) is 7.14. The molecule has 0 amide bonds. The van der Waals surface area contributed by atoms with Gasteiger partial charge in [-0.25, -0.2) is 15.0 Å². The van der Waals surface area contributed by atoms with Crippen LogP contribution in [-0.4, -0.2) is 19.5 Å². The van der Waals surface area contributed by atoms with Crippen molar-refractivity contribution in [2.24, 2.45) is 0 Å². The number of aromatic nitrogens is 4. The summed E-state index contributed by atoms with van der Waals surface area (Å²) < 4.78 is 2.06. The Kier molecular flexibility index (Phi) is 7.55. The average Bonchev–Trinajstić information content (AvgIpc) is 3.20. The van der Waals surface area contributed by atoms with E-state index < -0.39 is 0 Å². The number of rotatable bonds is 5. The van der Waals surface area contributed by atoms with E-state index in [9.17, 15) is 0 Å². The maximum absolute atomic E-state index is 6.20. The Hall–Kier alpha value is -3.73. The number of allylic oxidation sites excluding steroid dienone is 4. The summed E-state index contributed by atoms with van der Waals surface area (Å²) in [6.45, 7) is 10.2. The molecule has 0 aliphatic rings. The van der Waals surface area contributed by atoms with E-state index in [1.54, 1.807) is 6.20 Å². The minimum absolute atomic E-state index is 0.446. The monoisotopic (exact) mass is 425 g/mol. The largest absolute Gasteiger partial charge is 0.383 e. The van der Waals surface area contributed by atoms with Gasteiger partial charge in [0, 0.05) is 11.9 Å². The Morgan fingerprint density at radius 3 is 2.44 bits per heavy atom. The van der Waals surface area contributed by atoms with Gasteiger partial charge in [-0.2, -0.15) is 0 Å². The first kappa shape index (κ1) is 22.9. The van der Waals surface area contributed by atoms with Crippen molar-refractivity contribution in [2.75, 3.05) is 5.73 Å². The number of pyridine rings is 2. The first-order chi connectivity index (χ1) is 15.6. The van der Waals surface area contributed by atoms with Gasteiger partial charge >= 0.3 is 0 Å². The standard InChI is InChI=1S/C25H25N5.C2H6/c1-4-6-8-18(5-2)21-14-15-22-25(28-21)30(19-12-10-17(3)11-13-19)24(29-22)20-9-7-16-27-23(20)26;1-2/h5-16H,4H2,1-3H3,(H2,26,27);1-2H3/b8-6-,18-5+;. The fourth-order valence-corrected chi connectivity index (χ4v) is 3.42. The summed E-state index contributed by atoms with van der Waals surface area (Å²) in [5.74, 6) is 1.18. The van der Waals surface area contributed by atoms with Crippen LogP contribution in [0.5, 0.6) is 0 Å². The van der Waals surface area contributed by atoms with Gasteiger partial charge in [-0.05, 0) is 62.2 Å². The highest BCUT2D eigenvalue weighted by atomic mass is 15.1. The fraction of sp³-hybridized carbons (Fsp3) is 0.222. The van der Waals surface area contributed by atoms with Crippen molar-refractivity contribution in [3.63, 3.8) is 0 Å². The Balaban J connectivity index is 0.00000141. The van der Waals surface area contributed by atoms with Crippen LogP contribution in [0.15, 0.2) is 73.0 Å². The van der Waals surface area contributed by atoms with Gasteiger partial charge in [-0.1, -0.05) is 56.7 Å². The van der Waals surface area contributed by atoms with Crippen LogP contribution < -0.4 is 5.73 Å². The van der Waals surface area contributed by atoms with Gasteiger partial charge < -0.3 is 5.73 Å². The molecule has 3 heterocycles. The fourth-order valence-electron chi connectivity index (χ4n) is 3.42. The van der Waals surface area contributed by atoms with Gasteiger partial charge in [-0.15, -0.1) is 0 Å². The zero-order valence-corrected chi connectivity index (χ0v) is 19.5. The molecule has 0 saturated carbocycles. The molecule has 5 nitrogen and oxygen atoms in total. The van der Waals surface area contributed by atoms with Gasteiger partial charge in [-0.3, -0.25) is 4.57 Å². The van der Waals surface area contributed by atoms with Crippen LogP contribution >= 0.6 is 0 Å². The van der Waals surface area contributed by atoms with E-state index in [1.165, 1.54) is 5.56 Å². The minimum Gasteiger partial charge on any atom is -0.383 e. The molecule has 0 spiro atoms. The van der Waals surface area contributed by atoms with Crippen LogP contribution in [0.3, 0.4) is 0 Å². The number of nitrogens with zero attached hydrogens (tertiary/aromatic N) is 4. The topological polar surface area (TPSA) is 69.6 Å². The van der Waals surface area contributed by atoms with Gasteiger partial charge in [0.1, 0.15) is 11.3 Å². The second kappa shape index (κ2) is 10.5. The van der Waals surface area contributed by atoms with Crippen molar-refractivity contribution in [3.8, 4) is 17.1 Å². The van der Waals surface area contributed by atoms with E-state index in [0.29, 0.717) is 5.82 Å². The third kappa shape index (κ3) is 4.62. The lowest BCUT2D eigenvalue weighted by atomic mass is 10.1. The van der Waals surface area contributed by atoms with Gasteiger partial charge in [0.25, 0.3) is 0 Å². The predicted octanol–water partition coefficient (Wildman–Crippen LogP) is 6.77. The maximum atomic E-state index is 6.20. The van der Waals surface area contributed by atoms with Crippen LogP contribution in [0.1, 0.15) is 45.4 Å². The van der Waals surface area contributed by atoms with E-state index in [0.717, 1.165) is 45.9 Å². The molecular weight excluding hydrogens is 394 g/mol. The molecule has 4 rings (SSSR count). The van der Waals surface area contributed by atoms with Gasteiger partial charge in [0.05, 0.1) is 11.3 Å². The molecule has 0 radical (unpaired) electrons. The zero-order valence-electron chi connectivity index (χ0n) is 19.5. The molecule has 0 aliphatic carbocycles. The first-order valence-corrected chi connectivity index (χ1v) is 11.1. The molecule has 0 fully saturated rings. The van der Waals surface area contributed by atoms with Crippen molar-refractivity contribution in [2.45, 2.75) is 41.0 Å². The molecular formula is C27H31N5. The number of anilines is 1. The first-order valence-electron chi connectivity index (χ1n) is 11.1. The summed E-state index contributed by atoms with van der Waals surface area (Å²) >= 11 is 0. The van der Waals surface area contributed by atoms with Gasteiger partial charge in [0.15, 0.2) is 11.5 Å². The number of hydrogen-bond donors (Lipinski definition) is 1. The maximum Gasteiger partial charge on any atom is 0.165 e. The third-order valence-corrected chi connectivity index (χ3v) is 5.02. The minimum atomic E-state index is 0.446. The molecule has 164 valence electrons. The van der Waals surface area contributed by atoms with E-state index in [1.807, 2.05) is 45.0 Å². The molecule has 0 aliphatic heterocycles. The third-order valence-electron chi connectivity index (χ3n) is 5.02. The van der Waals surface area contributed by atoms with Crippen molar-refractivity contribution in [1.29, 1.82) is 0 Å². The van der Waals surface area contributed by atoms with E-state index in [2.05, 4.69) is 65.9 Å². The van der Waals surface area contributed by atoms with Gasteiger partial charge in [0.2, 0.25) is 0 Å². The van der Waals surface area contributed by atoms with Crippen molar-refractivity contribution in [3.05, 3.63) is 84.2 Å². The number of nitrogens with two attached hydrogens (primary N) is 1. The molecule has 0 unspecified atom stereocenters. The smallest absolute Gasteiger partial charge is 0.165 e. The van der Waals surface area contributed by atoms with E-state index in [4.69, 9.17) is 15.7 Å². The summed E-state index contributed by atoms with van der Waals surface area (Å²) in [5.41, 5.74) is 12.8. The number of benzene rings is 1. The summed E-state index contributed by atoms with van der Waals surface area (Å²) in [4.78, 5) is 14.1. The number of fused-ring (bicyclic) bond motifs is 1. The SMILES string of the molecule is C/C=C(\C=C/CC)c1ccc2nc(-c3cccnc3N)n(-c3ccc(C)cc3)c2n1.CC. The van der Waals surface area contributed by atoms with Crippen LogP contribution in [0.4, 0.5) is 5.82 Å². The predicted molar refractivity (Wildman–Crippen MR) is 136 cm³/mol. The molecule has 2 N–H and O–H groups in total. The number of aryl methyl sites for hydroxylation is 1. The highest BCUT2D eigenvalue weighted by Gasteiger charge is 2.18. The molecule has 0 atom stereocenters. The Morgan fingerprint density at radius 2 is 1.78 bits per heavy atom. The van der Waals surface area contributed by atoms with E-state index >= 15 is 0 Å². The summed E-state index contributed by atoms with van der Waals surface area (Å²) in [6, 6.07) is 16.2. The number of imidazole rings is 1. The van der Waals surface area contributed by atoms with Crippen molar-refractivity contribution >= 4 is 22.6 Å². The average molecular weight is 426 g/mol. The van der Waals surface area contributed by atoms with Crippen LogP contribution in [0.25, 0.3) is 33.8 Å². The summed E-state index contributed by atoms with van der Waals surface area (Å²) in [7, 11) is 0. The molecule has 5 heteroatoms. The highest BCUT2D eigenvalue weighted by molar-refractivity contribution is 5.85. The lowest BCUT2D eigenvalue weighted by Crippen LogP contribution is -2.02. The summed E-state index contributed by atoms with van der Waals surface area (Å²) in [6.07, 6.45) is 8.99. The molecule has 4 aromatic rings. The Bertz CT molecular complexity index is 1250. The Labute approximate surface area is 190 Å². The Morgan fingerprint density at radius 1 is 1.03 bits per heavy atom. The number of nitrogen functional groups attached to an aromatic ring is 1. The normalized spacial score (nSPS) is 11.6. The second-order valence-corrected chi connectivity index (χ2v) is 7.14. The number of hydrogen-bond acceptors (Lipinski definition) is 4. The zero-order chi connectivity index (χ0) is 23.1. The van der Waals surface area contributed by atoms with Crippen LogP contribution in [0, 0.1) is 6.92 Å². The van der Waals surface area contributed by atoms with Crippen molar-refractivity contribution in [1.82, 2.24) is 19.5 Å². The lowest BCUT2D eigenvalue weighted by Gasteiger charge is -2.11. The summed E-state index contributed by atoms with van der Waals surface area (Å²) in [5, 5.41) is 0. The molecule has 0 bridgehead atoms. The lowest BCUT2D eigenvalue weighted by molar-refractivity contribution is 1.07. The van der Waals surface area contributed by atoms with Crippen molar-refractivity contribution < 1.29 is 0 Å². The van der Waals surface area contributed by atoms with Crippen LogP contribution in [0.2, 0.25) is 0 Å². The molecule has 3 aromatic heterocycles. The quantitative estimate of drug-likeness (QED) is 0.358. The molecule has 0 saturated heterocycles. The highest BCUT2D eigenvalue weighted by Crippen LogP contribution is 2.31. The van der Waals surface area contributed by atoms with Crippen LogP contribution in [-0.2, 0) is 0 Å². The molecule has 1 aromatic carbocycles.